The van der Waals surface area contributed by atoms with Gasteiger partial charge in [0.25, 0.3) is 0 Å². The van der Waals surface area contributed by atoms with E-state index in [2.05, 4.69) is 6.42 Å². The Balaban J connectivity index is 2.39. The minimum absolute atomic E-state index is 0.281. The Kier molecular flexibility index (Phi) is 2.49. The van der Waals surface area contributed by atoms with Gasteiger partial charge < -0.3 is 0 Å². The lowest BCUT2D eigenvalue weighted by atomic mass is 10.1. The molecule has 1 radical (unpaired) electrons. The van der Waals surface area contributed by atoms with Crippen molar-refractivity contribution in [2.45, 2.75) is 25.7 Å². The smallest absolute Gasteiger partial charge is 0.155 e. The molecule has 0 saturated carbocycles. The number of hydrogen-bond donors (Lipinski definition) is 0. The molecule has 0 fully saturated rings. The molecule has 1 aliphatic rings. The molecule has 0 N–H and O–H groups in total. The van der Waals surface area contributed by atoms with Gasteiger partial charge >= 0.3 is 0 Å². The normalized spacial score (nSPS) is 21.1. The number of allylic oxidation sites excluding steroid dienone is 2. The maximum absolute atomic E-state index is 10.7. The van der Waals surface area contributed by atoms with Crippen molar-refractivity contribution in [1.29, 1.82) is 0 Å². The molecule has 0 aliphatic heterocycles. The molecule has 1 heteroatoms. The van der Waals surface area contributed by atoms with E-state index in [1.165, 1.54) is 0 Å². The van der Waals surface area contributed by atoms with Crippen molar-refractivity contribution in [2.24, 2.45) is 0 Å². The van der Waals surface area contributed by atoms with Crippen molar-refractivity contribution in [1.82, 2.24) is 0 Å². The van der Waals surface area contributed by atoms with Crippen molar-refractivity contribution >= 4 is 5.78 Å². The van der Waals surface area contributed by atoms with Crippen LogP contribution in [0.2, 0.25) is 0 Å². The average molecular weight is 123 g/mol. The molecule has 0 bridgehead atoms. The zero-order chi connectivity index (χ0) is 6.53. The van der Waals surface area contributed by atoms with Crippen LogP contribution in [0.25, 0.3) is 0 Å². The van der Waals surface area contributed by atoms with Gasteiger partial charge in [-0.1, -0.05) is 6.08 Å². The summed E-state index contributed by atoms with van der Waals surface area (Å²) < 4.78 is 0. The van der Waals surface area contributed by atoms with Crippen LogP contribution >= 0.6 is 0 Å². The van der Waals surface area contributed by atoms with Gasteiger partial charge in [-0.15, -0.1) is 0 Å². The highest BCUT2D eigenvalue weighted by Crippen LogP contribution is 2.06. The Bertz CT molecular complexity index is 125. The summed E-state index contributed by atoms with van der Waals surface area (Å²) in [4.78, 5) is 10.7. The molecule has 9 heavy (non-hydrogen) atoms. The molecular formula is C8H11O. The molecule has 0 saturated heterocycles. The van der Waals surface area contributed by atoms with Gasteiger partial charge in [-0.25, -0.2) is 0 Å². The number of hydrogen-bond acceptors (Lipinski definition) is 1. The van der Waals surface area contributed by atoms with Crippen molar-refractivity contribution in [3.05, 3.63) is 18.6 Å². The van der Waals surface area contributed by atoms with Crippen LogP contribution in [0.1, 0.15) is 25.7 Å². The van der Waals surface area contributed by atoms with Gasteiger partial charge in [-0.05, 0) is 31.8 Å². The minimum Gasteiger partial charge on any atom is -0.295 e. The van der Waals surface area contributed by atoms with E-state index in [1.54, 1.807) is 6.08 Å². The Morgan fingerprint density at radius 3 is 3.22 bits per heavy atom. The lowest BCUT2D eigenvalue weighted by Crippen LogP contribution is -1.94. The van der Waals surface area contributed by atoms with E-state index in [4.69, 9.17) is 0 Å². The van der Waals surface area contributed by atoms with Gasteiger partial charge in [0.15, 0.2) is 5.78 Å². The first-order valence-corrected chi connectivity index (χ1v) is 3.40. The third-order valence-electron chi connectivity index (χ3n) is 1.44. The molecule has 0 aromatic rings. The topological polar surface area (TPSA) is 17.1 Å². The monoisotopic (exact) mass is 123 g/mol. The predicted octanol–water partition coefficient (Wildman–Crippen LogP) is 1.89. The number of carbonyl (C=O) groups is 1. The molecule has 0 spiro atoms. The maximum Gasteiger partial charge on any atom is 0.155 e. The lowest BCUT2D eigenvalue weighted by molar-refractivity contribution is -0.114. The largest absolute Gasteiger partial charge is 0.295 e. The first-order chi connectivity index (χ1) is 4.39. The SMILES string of the molecule is O=C1C=CC[CH]CCC1. The Morgan fingerprint density at radius 1 is 1.44 bits per heavy atom. The molecule has 1 nitrogen and oxygen atoms in total. The molecule has 1 rings (SSSR count). The van der Waals surface area contributed by atoms with Gasteiger partial charge in [-0.2, -0.15) is 0 Å². The molecule has 0 atom stereocenters. The van der Waals surface area contributed by atoms with Crippen LogP contribution in [0.4, 0.5) is 0 Å². The second kappa shape index (κ2) is 3.44. The Hall–Kier alpha value is -0.590. The highest BCUT2D eigenvalue weighted by atomic mass is 16.1. The van der Waals surface area contributed by atoms with Gasteiger partial charge in [0, 0.05) is 6.42 Å². The van der Waals surface area contributed by atoms with Crippen LogP contribution in [-0.2, 0) is 4.79 Å². The van der Waals surface area contributed by atoms with Gasteiger partial charge in [0.2, 0.25) is 0 Å². The highest BCUT2D eigenvalue weighted by Gasteiger charge is 1.98. The summed E-state index contributed by atoms with van der Waals surface area (Å²) in [7, 11) is 0. The fraction of sp³-hybridized carbons (Fsp3) is 0.500. The Morgan fingerprint density at radius 2 is 2.33 bits per heavy atom. The summed E-state index contributed by atoms with van der Waals surface area (Å²) in [6.45, 7) is 0. The van der Waals surface area contributed by atoms with Crippen LogP contribution in [-0.4, -0.2) is 5.78 Å². The molecule has 0 aromatic carbocycles. The zero-order valence-electron chi connectivity index (χ0n) is 5.47. The zero-order valence-corrected chi connectivity index (χ0v) is 5.47. The van der Waals surface area contributed by atoms with E-state index in [1.807, 2.05) is 6.08 Å². The van der Waals surface area contributed by atoms with E-state index < -0.39 is 0 Å². The Labute approximate surface area is 55.8 Å². The molecule has 0 aromatic heterocycles. The van der Waals surface area contributed by atoms with E-state index in [0.717, 1.165) is 25.7 Å². The highest BCUT2D eigenvalue weighted by molar-refractivity contribution is 5.89. The van der Waals surface area contributed by atoms with Crippen LogP contribution in [0, 0.1) is 6.42 Å². The number of ketones is 1. The van der Waals surface area contributed by atoms with Crippen molar-refractivity contribution in [2.75, 3.05) is 0 Å². The van der Waals surface area contributed by atoms with Crippen LogP contribution < -0.4 is 0 Å². The molecule has 49 valence electrons. The predicted molar refractivity (Wildman–Crippen MR) is 36.9 cm³/mol. The summed E-state index contributed by atoms with van der Waals surface area (Å²) in [5.74, 6) is 0.281. The number of rotatable bonds is 0. The molecule has 1 aliphatic carbocycles. The van der Waals surface area contributed by atoms with Crippen molar-refractivity contribution in [3.8, 4) is 0 Å². The van der Waals surface area contributed by atoms with Gasteiger partial charge in [0.1, 0.15) is 0 Å². The first kappa shape index (κ1) is 6.53. The van der Waals surface area contributed by atoms with Crippen LogP contribution in [0.5, 0.6) is 0 Å². The van der Waals surface area contributed by atoms with Crippen molar-refractivity contribution < 1.29 is 4.79 Å². The van der Waals surface area contributed by atoms with E-state index in [9.17, 15) is 4.79 Å². The molecule has 0 amide bonds. The van der Waals surface area contributed by atoms with Crippen LogP contribution in [0.3, 0.4) is 0 Å². The quantitative estimate of drug-likeness (QED) is 0.480. The summed E-state index contributed by atoms with van der Waals surface area (Å²) in [5, 5.41) is 0. The fourth-order valence-electron chi connectivity index (χ4n) is 0.918. The van der Waals surface area contributed by atoms with Gasteiger partial charge in [-0.3, -0.25) is 4.79 Å². The summed E-state index contributed by atoms with van der Waals surface area (Å²) in [5.41, 5.74) is 0. The summed E-state index contributed by atoms with van der Waals surface area (Å²) >= 11 is 0. The standard InChI is InChI=1S/C8H11O/c9-8-6-4-2-1-3-5-7-8/h1,4,6H,2-3,5,7H2. The second-order valence-electron chi connectivity index (χ2n) is 2.29. The third kappa shape index (κ3) is 2.45. The second-order valence-corrected chi connectivity index (χ2v) is 2.29. The maximum atomic E-state index is 10.7. The minimum atomic E-state index is 0.281. The van der Waals surface area contributed by atoms with E-state index in [-0.39, 0.29) is 5.78 Å². The summed E-state index contributed by atoms with van der Waals surface area (Å²) in [6.07, 6.45) is 9.65. The van der Waals surface area contributed by atoms with Crippen molar-refractivity contribution in [3.63, 3.8) is 0 Å². The lowest BCUT2D eigenvalue weighted by Gasteiger charge is -1.99. The third-order valence-corrected chi connectivity index (χ3v) is 1.44. The summed E-state index contributed by atoms with van der Waals surface area (Å²) in [6, 6.07) is 0. The first-order valence-electron chi connectivity index (χ1n) is 3.40. The van der Waals surface area contributed by atoms with E-state index >= 15 is 0 Å². The fourth-order valence-corrected chi connectivity index (χ4v) is 0.918. The molecular weight excluding hydrogens is 112 g/mol. The molecule has 0 heterocycles. The molecule has 0 unspecified atom stereocenters. The van der Waals surface area contributed by atoms with E-state index in [0.29, 0.717) is 0 Å². The number of carbonyl (C=O) groups excluding carboxylic acids is 1. The van der Waals surface area contributed by atoms with Crippen LogP contribution in [0.15, 0.2) is 12.2 Å². The average Bonchev–Trinajstić information content (AvgIpc) is 1.79. The van der Waals surface area contributed by atoms with Gasteiger partial charge in [0.05, 0.1) is 0 Å².